The van der Waals surface area contributed by atoms with Crippen LogP contribution < -0.4 is 0 Å². The molecule has 1 saturated heterocycles. The number of halogens is 2. The topological polar surface area (TPSA) is 36.4 Å². The number of fused-ring (bicyclic) bond motifs is 8. The first-order valence-corrected chi connectivity index (χ1v) is 11.3. The summed E-state index contributed by atoms with van der Waals surface area (Å²) in [6, 6.07) is 22.1. The van der Waals surface area contributed by atoms with E-state index in [0.717, 1.165) is 38.0 Å². The van der Waals surface area contributed by atoms with Crippen LogP contribution in [-0.4, -0.2) is 34.6 Å². The highest BCUT2D eigenvalue weighted by Gasteiger charge is 2.53. The number of aliphatic hydroxyl groups excluding tert-OH is 1. The fourth-order valence-corrected chi connectivity index (χ4v) is 6.44. The van der Waals surface area contributed by atoms with Gasteiger partial charge in [0, 0.05) is 30.3 Å². The fraction of sp³-hybridized carbons (Fsp3) is 0.370. The van der Waals surface area contributed by atoms with Gasteiger partial charge in [-0.25, -0.2) is 0 Å². The van der Waals surface area contributed by atoms with Crippen LogP contribution >= 0.6 is 24.8 Å². The van der Waals surface area contributed by atoms with Crippen molar-refractivity contribution in [3.63, 3.8) is 0 Å². The number of nitrogens with zero attached hydrogens (tertiary/aromatic N) is 2. The van der Waals surface area contributed by atoms with Crippen LogP contribution in [0.3, 0.4) is 0 Å². The first kappa shape index (κ1) is 23.3. The van der Waals surface area contributed by atoms with Crippen LogP contribution in [0.15, 0.2) is 73.1 Å². The molecule has 3 aromatic rings. The predicted octanol–water partition coefficient (Wildman–Crippen LogP) is 5.51. The molecule has 2 aromatic carbocycles. The van der Waals surface area contributed by atoms with E-state index in [9.17, 15) is 5.11 Å². The monoisotopic (exact) mass is 468 g/mol. The zero-order valence-corrected chi connectivity index (χ0v) is 19.7. The number of pyridine rings is 1. The predicted molar refractivity (Wildman–Crippen MR) is 133 cm³/mol. The lowest BCUT2D eigenvalue weighted by atomic mass is 9.74. The molecule has 0 amide bonds. The van der Waals surface area contributed by atoms with Crippen molar-refractivity contribution in [3.05, 3.63) is 101 Å². The van der Waals surface area contributed by atoms with E-state index in [1.54, 1.807) is 23.5 Å². The number of hydrogen-bond donors (Lipinski definition) is 1. The normalized spacial score (nSPS) is 24.7. The molecule has 3 nitrogen and oxygen atoms in total. The van der Waals surface area contributed by atoms with Crippen molar-refractivity contribution in [2.75, 3.05) is 19.6 Å². The summed E-state index contributed by atoms with van der Waals surface area (Å²) in [7, 11) is 0. The maximum absolute atomic E-state index is 10.8. The minimum atomic E-state index is -0.400. The molecule has 0 spiro atoms. The summed E-state index contributed by atoms with van der Waals surface area (Å²) >= 11 is 0. The maximum atomic E-state index is 10.8. The van der Waals surface area contributed by atoms with Crippen LogP contribution in [-0.2, 0) is 5.41 Å². The second-order valence-electron chi connectivity index (χ2n) is 9.36. The van der Waals surface area contributed by atoms with Crippen LogP contribution in [0.4, 0.5) is 0 Å². The molecule has 2 heterocycles. The molecule has 1 atom stereocenters. The molecule has 3 aliphatic rings. The zero-order chi connectivity index (χ0) is 20.1. The summed E-state index contributed by atoms with van der Waals surface area (Å²) in [5.74, 6) is 0.879. The molecule has 1 fully saturated rings. The number of benzene rings is 2. The minimum Gasteiger partial charge on any atom is -0.388 e. The first-order chi connectivity index (χ1) is 14.8. The number of rotatable bonds is 4. The maximum Gasteiger partial charge on any atom is 0.0833 e. The first-order valence-electron chi connectivity index (χ1n) is 11.3. The highest BCUT2D eigenvalue weighted by atomic mass is 35.5. The highest BCUT2D eigenvalue weighted by molar-refractivity contribution is 5.85. The zero-order valence-electron chi connectivity index (χ0n) is 18.1. The van der Waals surface area contributed by atoms with Gasteiger partial charge in [-0.15, -0.1) is 24.8 Å². The Morgan fingerprint density at radius 1 is 0.906 bits per heavy atom. The summed E-state index contributed by atoms with van der Waals surface area (Å²) in [5, 5.41) is 10.8. The summed E-state index contributed by atoms with van der Waals surface area (Å²) in [5.41, 5.74) is 7.26. The van der Waals surface area contributed by atoms with E-state index in [4.69, 9.17) is 0 Å². The van der Waals surface area contributed by atoms with Crippen LogP contribution in [0.1, 0.15) is 59.1 Å². The van der Waals surface area contributed by atoms with Crippen LogP contribution in [0.5, 0.6) is 0 Å². The Balaban J connectivity index is 0.00000122. The summed E-state index contributed by atoms with van der Waals surface area (Å²) in [4.78, 5) is 6.83. The Morgan fingerprint density at radius 3 is 2.12 bits per heavy atom. The average Bonchev–Trinajstić information content (AvgIpc) is 3.32. The van der Waals surface area contributed by atoms with Gasteiger partial charge in [0.2, 0.25) is 0 Å². The van der Waals surface area contributed by atoms with E-state index < -0.39 is 6.10 Å². The smallest absolute Gasteiger partial charge is 0.0833 e. The summed E-state index contributed by atoms with van der Waals surface area (Å²) < 4.78 is 0. The summed E-state index contributed by atoms with van der Waals surface area (Å²) in [6.45, 7) is 3.20. The minimum absolute atomic E-state index is 0. The molecule has 2 aliphatic carbocycles. The van der Waals surface area contributed by atoms with E-state index in [2.05, 4.69) is 58.4 Å². The molecule has 2 bridgehead atoms. The van der Waals surface area contributed by atoms with Gasteiger partial charge in [-0.2, -0.15) is 0 Å². The fourth-order valence-electron chi connectivity index (χ4n) is 6.44. The second kappa shape index (κ2) is 9.15. The van der Waals surface area contributed by atoms with Crippen molar-refractivity contribution in [1.29, 1.82) is 0 Å². The number of likely N-dealkylation sites (tertiary alicyclic amines) is 1. The van der Waals surface area contributed by atoms with Gasteiger partial charge in [0.15, 0.2) is 0 Å². The van der Waals surface area contributed by atoms with Gasteiger partial charge in [-0.05, 0) is 72.2 Å². The number of aliphatic hydroxyl groups is 1. The number of aromatic nitrogens is 1. The van der Waals surface area contributed by atoms with E-state index >= 15 is 0 Å². The third-order valence-corrected chi connectivity index (χ3v) is 7.85. The third kappa shape index (κ3) is 3.56. The number of hydrogen-bond acceptors (Lipinski definition) is 3. The number of piperidine rings is 1. The van der Waals surface area contributed by atoms with Gasteiger partial charge in [0.25, 0.3) is 0 Å². The summed E-state index contributed by atoms with van der Waals surface area (Å²) in [6.07, 6.45) is 6.47. The standard InChI is InChI=1S/C27H28N2O.2ClH/c30-26(20-6-5-13-28-17-20)19-11-14-29(15-12-19)18-27-16-23(21-7-1-3-9-24(21)27)22-8-2-4-10-25(22)27;;/h1-10,13,17,19,23,26,30H,11-12,14-16,18H2;2*1H. The molecule has 32 heavy (non-hydrogen) atoms. The van der Waals surface area contributed by atoms with Crippen molar-refractivity contribution in [3.8, 4) is 0 Å². The Hall–Kier alpha value is -1.91. The van der Waals surface area contributed by atoms with Crippen LogP contribution in [0, 0.1) is 5.92 Å². The third-order valence-electron chi connectivity index (χ3n) is 7.85. The molecule has 1 aliphatic heterocycles. The Labute approximate surface area is 202 Å². The van der Waals surface area contributed by atoms with E-state index in [0.29, 0.717) is 11.8 Å². The van der Waals surface area contributed by atoms with Gasteiger partial charge in [-0.3, -0.25) is 4.98 Å². The SMILES string of the molecule is Cl.Cl.OC(c1cccnc1)C1CCN(CC23CC(c4ccccc42)c2ccccc23)CC1. The van der Waals surface area contributed by atoms with E-state index in [1.807, 2.05) is 12.1 Å². The second-order valence-corrected chi connectivity index (χ2v) is 9.36. The van der Waals surface area contributed by atoms with Crippen molar-refractivity contribution in [2.24, 2.45) is 5.92 Å². The van der Waals surface area contributed by atoms with Crippen molar-refractivity contribution in [1.82, 2.24) is 9.88 Å². The molecule has 0 saturated carbocycles. The lowest BCUT2D eigenvalue weighted by Crippen LogP contribution is -2.44. The van der Waals surface area contributed by atoms with Crippen LogP contribution in [0.2, 0.25) is 0 Å². The molecule has 5 heteroatoms. The Bertz CT molecular complexity index is 1020. The average molecular weight is 469 g/mol. The quantitative estimate of drug-likeness (QED) is 0.548. The van der Waals surface area contributed by atoms with Crippen LogP contribution in [0.25, 0.3) is 0 Å². The van der Waals surface area contributed by atoms with Crippen molar-refractivity contribution in [2.45, 2.75) is 36.7 Å². The molecule has 1 unspecified atom stereocenters. The Morgan fingerprint density at radius 2 is 1.53 bits per heavy atom. The van der Waals surface area contributed by atoms with Crippen molar-refractivity contribution < 1.29 is 5.11 Å². The molecular weight excluding hydrogens is 439 g/mol. The molecule has 1 N–H and O–H groups in total. The van der Waals surface area contributed by atoms with Gasteiger partial charge >= 0.3 is 0 Å². The van der Waals surface area contributed by atoms with E-state index in [1.165, 1.54) is 17.5 Å². The largest absolute Gasteiger partial charge is 0.388 e. The lowest BCUT2D eigenvalue weighted by molar-refractivity contribution is 0.0538. The van der Waals surface area contributed by atoms with Gasteiger partial charge in [0.1, 0.15) is 0 Å². The van der Waals surface area contributed by atoms with Gasteiger partial charge in [-0.1, -0.05) is 54.6 Å². The molecular formula is C27H30Cl2N2O. The lowest BCUT2D eigenvalue weighted by Gasteiger charge is -2.40. The molecule has 6 rings (SSSR count). The highest BCUT2D eigenvalue weighted by Crippen LogP contribution is 2.60. The molecule has 1 aromatic heterocycles. The van der Waals surface area contributed by atoms with Gasteiger partial charge < -0.3 is 10.0 Å². The molecule has 0 radical (unpaired) electrons. The van der Waals surface area contributed by atoms with E-state index in [-0.39, 0.29) is 30.2 Å². The van der Waals surface area contributed by atoms with Gasteiger partial charge in [0.05, 0.1) is 6.10 Å². The molecule has 168 valence electrons. The Kier molecular flexibility index (Phi) is 6.65. The van der Waals surface area contributed by atoms with Crippen molar-refractivity contribution >= 4 is 24.8 Å².